The van der Waals surface area contributed by atoms with E-state index >= 15 is 0 Å². The first-order valence-electron chi connectivity index (χ1n) is 7.21. The lowest BCUT2D eigenvalue weighted by molar-refractivity contribution is 0.657. The van der Waals surface area contributed by atoms with Gasteiger partial charge in [-0.2, -0.15) is 0 Å². The zero-order valence-corrected chi connectivity index (χ0v) is 13.0. The minimum Gasteiger partial charge on any atom is -0.355 e. The monoisotopic (exact) mass is 280 g/mol. The van der Waals surface area contributed by atoms with E-state index in [-0.39, 0.29) is 0 Å². The third-order valence-corrected chi connectivity index (χ3v) is 3.99. The fourth-order valence-corrected chi connectivity index (χ4v) is 3.03. The van der Waals surface area contributed by atoms with Crippen LogP contribution in [0.25, 0.3) is 4.96 Å². The van der Waals surface area contributed by atoms with Crippen molar-refractivity contribution in [3.63, 3.8) is 0 Å². The van der Waals surface area contributed by atoms with Gasteiger partial charge in [-0.25, -0.2) is 4.98 Å². The third kappa shape index (κ3) is 3.09. The summed E-state index contributed by atoms with van der Waals surface area (Å²) in [6, 6.07) is 0. The number of fused-ring (bicyclic) bond motifs is 1. The normalized spacial score (nSPS) is 11.3. The number of hydrogen-bond donors (Lipinski definition) is 1. The Morgan fingerprint density at radius 3 is 2.84 bits per heavy atom. The largest absolute Gasteiger partial charge is 0.355 e. The molecule has 5 heteroatoms. The summed E-state index contributed by atoms with van der Waals surface area (Å²) < 4.78 is 2.22. The van der Waals surface area contributed by atoms with Gasteiger partial charge < -0.3 is 10.2 Å². The molecule has 2 rings (SSSR count). The summed E-state index contributed by atoms with van der Waals surface area (Å²) in [5, 5.41) is 5.60. The fourth-order valence-electron chi connectivity index (χ4n) is 2.31. The highest BCUT2D eigenvalue weighted by molar-refractivity contribution is 7.15. The lowest BCUT2D eigenvalue weighted by Crippen LogP contribution is -2.26. The van der Waals surface area contributed by atoms with Crippen molar-refractivity contribution in [1.82, 2.24) is 14.7 Å². The molecular formula is C14H24N4S. The average molecular weight is 280 g/mol. The van der Waals surface area contributed by atoms with Crippen molar-refractivity contribution >= 4 is 22.1 Å². The predicted molar refractivity (Wildman–Crippen MR) is 83.2 cm³/mol. The predicted octanol–water partition coefficient (Wildman–Crippen LogP) is 3.13. The van der Waals surface area contributed by atoms with Crippen LogP contribution in [0.2, 0.25) is 0 Å². The highest BCUT2D eigenvalue weighted by Crippen LogP contribution is 2.24. The molecule has 0 aliphatic carbocycles. The molecule has 0 aliphatic rings. The van der Waals surface area contributed by atoms with Gasteiger partial charge in [0.25, 0.3) is 0 Å². The van der Waals surface area contributed by atoms with E-state index in [1.807, 2.05) is 0 Å². The minimum absolute atomic E-state index is 0.890. The Hall–Kier alpha value is -1.07. The topological polar surface area (TPSA) is 32.6 Å². The molecule has 0 bridgehead atoms. The average Bonchev–Trinajstić information content (AvgIpc) is 2.98. The van der Waals surface area contributed by atoms with Crippen LogP contribution in [0, 0.1) is 0 Å². The second-order valence-corrected chi connectivity index (χ2v) is 5.57. The molecule has 0 fully saturated rings. The van der Waals surface area contributed by atoms with Crippen LogP contribution in [0.15, 0.2) is 11.6 Å². The van der Waals surface area contributed by atoms with Gasteiger partial charge in [-0.05, 0) is 26.3 Å². The molecule has 0 atom stereocenters. The zero-order chi connectivity index (χ0) is 13.7. The number of nitrogens with one attached hydrogen (secondary N) is 1. The Kier molecular flexibility index (Phi) is 5.22. The van der Waals surface area contributed by atoms with Gasteiger partial charge in [0, 0.05) is 31.2 Å². The highest BCUT2D eigenvalue weighted by atomic mass is 32.1. The number of nitrogens with zero attached hydrogens (tertiary/aromatic N) is 3. The van der Waals surface area contributed by atoms with Gasteiger partial charge in [0.05, 0.1) is 5.69 Å². The van der Waals surface area contributed by atoms with Crippen LogP contribution < -0.4 is 10.2 Å². The molecule has 0 radical (unpaired) electrons. The maximum Gasteiger partial charge on any atom is 0.195 e. The van der Waals surface area contributed by atoms with Crippen LogP contribution in [0.5, 0.6) is 0 Å². The van der Waals surface area contributed by atoms with Gasteiger partial charge in [0.15, 0.2) is 10.8 Å². The van der Waals surface area contributed by atoms with Crippen molar-refractivity contribution in [2.75, 3.05) is 24.5 Å². The summed E-state index contributed by atoms with van der Waals surface area (Å²) in [4.78, 5) is 8.28. The SMILES string of the molecule is CCCNCc1c(N(CC)CCC)nc2sccn12. The van der Waals surface area contributed by atoms with E-state index < -0.39 is 0 Å². The van der Waals surface area contributed by atoms with Gasteiger partial charge in [-0.1, -0.05) is 13.8 Å². The molecular weight excluding hydrogens is 256 g/mol. The maximum absolute atomic E-state index is 4.81. The molecule has 2 aromatic rings. The fraction of sp³-hybridized carbons (Fsp3) is 0.643. The maximum atomic E-state index is 4.81. The summed E-state index contributed by atoms with van der Waals surface area (Å²) in [5.74, 6) is 1.15. The molecule has 4 nitrogen and oxygen atoms in total. The van der Waals surface area contributed by atoms with Crippen LogP contribution in [-0.4, -0.2) is 29.0 Å². The number of anilines is 1. The molecule has 0 aromatic carbocycles. The smallest absolute Gasteiger partial charge is 0.195 e. The summed E-state index contributed by atoms with van der Waals surface area (Å²) in [5.41, 5.74) is 1.29. The lowest BCUT2D eigenvalue weighted by atomic mass is 10.3. The standard InChI is InChI=1S/C14H24N4S/c1-4-7-15-11-12-13(17(6-3)8-5-2)16-14-18(12)9-10-19-14/h9-10,15H,4-8,11H2,1-3H3. The molecule has 106 valence electrons. The van der Waals surface area contributed by atoms with Gasteiger partial charge in [-0.15, -0.1) is 11.3 Å². The zero-order valence-electron chi connectivity index (χ0n) is 12.1. The van der Waals surface area contributed by atoms with Crippen molar-refractivity contribution in [1.29, 1.82) is 0 Å². The van der Waals surface area contributed by atoms with E-state index in [0.717, 1.165) is 49.8 Å². The second kappa shape index (κ2) is 6.91. The van der Waals surface area contributed by atoms with Crippen LogP contribution in [0.4, 0.5) is 5.82 Å². The number of aromatic nitrogens is 2. The number of hydrogen-bond acceptors (Lipinski definition) is 4. The Morgan fingerprint density at radius 2 is 2.16 bits per heavy atom. The number of thiazole rings is 1. The Balaban J connectivity index is 2.29. The van der Waals surface area contributed by atoms with E-state index in [1.54, 1.807) is 11.3 Å². The first-order chi connectivity index (χ1) is 9.31. The molecule has 0 saturated heterocycles. The van der Waals surface area contributed by atoms with E-state index in [4.69, 9.17) is 4.98 Å². The van der Waals surface area contributed by atoms with Crippen molar-refractivity contribution in [2.24, 2.45) is 0 Å². The Bertz CT molecular complexity index is 502. The van der Waals surface area contributed by atoms with Crippen molar-refractivity contribution in [3.8, 4) is 0 Å². The van der Waals surface area contributed by atoms with Crippen LogP contribution in [0.3, 0.4) is 0 Å². The van der Waals surface area contributed by atoms with Crippen molar-refractivity contribution < 1.29 is 0 Å². The van der Waals surface area contributed by atoms with E-state index in [1.165, 1.54) is 5.69 Å². The Morgan fingerprint density at radius 1 is 1.32 bits per heavy atom. The van der Waals surface area contributed by atoms with Crippen LogP contribution >= 0.6 is 11.3 Å². The second-order valence-electron chi connectivity index (χ2n) is 4.69. The minimum atomic E-state index is 0.890. The third-order valence-electron chi connectivity index (χ3n) is 3.23. The summed E-state index contributed by atoms with van der Waals surface area (Å²) in [6.45, 7) is 10.6. The molecule has 0 aliphatic heterocycles. The first kappa shape index (κ1) is 14.3. The molecule has 2 aromatic heterocycles. The molecule has 0 unspecified atom stereocenters. The quantitative estimate of drug-likeness (QED) is 0.754. The van der Waals surface area contributed by atoms with E-state index in [9.17, 15) is 0 Å². The van der Waals surface area contributed by atoms with Crippen LogP contribution in [-0.2, 0) is 6.54 Å². The summed E-state index contributed by atoms with van der Waals surface area (Å²) in [7, 11) is 0. The van der Waals surface area contributed by atoms with Gasteiger partial charge in [-0.3, -0.25) is 4.40 Å². The van der Waals surface area contributed by atoms with E-state index in [2.05, 4.69) is 47.0 Å². The first-order valence-corrected chi connectivity index (χ1v) is 8.09. The van der Waals surface area contributed by atoms with Gasteiger partial charge >= 0.3 is 0 Å². The lowest BCUT2D eigenvalue weighted by Gasteiger charge is -2.21. The summed E-state index contributed by atoms with van der Waals surface area (Å²) in [6.07, 6.45) is 4.44. The van der Waals surface area contributed by atoms with Crippen molar-refractivity contribution in [2.45, 2.75) is 40.2 Å². The van der Waals surface area contributed by atoms with Gasteiger partial charge in [0.1, 0.15) is 0 Å². The summed E-state index contributed by atoms with van der Waals surface area (Å²) >= 11 is 1.70. The molecule has 2 heterocycles. The number of imidazole rings is 1. The highest BCUT2D eigenvalue weighted by Gasteiger charge is 2.17. The molecule has 0 amide bonds. The molecule has 0 saturated carbocycles. The van der Waals surface area contributed by atoms with Gasteiger partial charge in [0.2, 0.25) is 0 Å². The molecule has 19 heavy (non-hydrogen) atoms. The van der Waals surface area contributed by atoms with Crippen molar-refractivity contribution in [3.05, 3.63) is 17.3 Å². The van der Waals surface area contributed by atoms with E-state index in [0.29, 0.717) is 0 Å². The molecule has 0 spiro atoms. The van der Waals surface area contributed by atoms with Crippen LogP contribution in [0.1, 0.15) is 39.3 Å². The number of rotatable bonds is 8. The molecule has 1 N–H and O–H groups in total. The Labute approximate surface area is 119 Å².